The number of hydrogen-bond acceptors (Lipinski definition) is 5. The summed E-state index contributed by atoms with van der Waals surface area (Å²) in [5.74, 6) is -0.762. The molecule has 2 rings (SSSR count). The Kier molecular flexibility index (Phi) is 7.49. The molecule has 0 heterocycles. The molecular weight excluding hydrogens is 336 g/mol. The Hall–Kier alpha value is -3.02. The fourth-order valence-electron chi connectivity index (χ4n) is 2.19. The van der Waals surface area contributed by atoms with E-state index in [0.717, 1.165) is 12.8 Å². The molecule has 0 aliphatic carbocycles. The second kappa shape index (κ2) is 10.1. The highest BCUT2D eigenvalue weighted by Crippen LogP contribution is 2.16. The van der Waals surface area contributed by atoms with E-state index >= 15 is 0 Å². The van der Waals surface area contributed by atoms with E-state index in [9.17, 15) is 9.59 Å². The molecule has 26 heavy (non-hydrogen) atoms. The van der Waals surface area contributed by atoms with Crippen LogP contribution >= 0.6 is 0 Å². The van der Waals surface area contributed by atoms with Crippen LogP contribution in [0.4, 0.5) is 0 Å². The topological polar surface area (TPSA) is 82.1 Å². The Morgan fingerprint density at radius 1 is 0.846 bits per heavy atom. The smallest absolute Gasteiger partial charge is 0.386 e. The summed E-state index contributed by atoms with van der Waals surface area (Å²) in [5, 5.41) is 8.82. The number of carbonyl (C=O) groups excluding carboxylic acids is 1. The van der Waals surface area contributed by atoms with Gasteiger partial charge < -0.3 is 9.84 Å². The number of benzene rings is 2. The van der Waals surface area contributed by atoms with Crippen molar-refractivity contribution in [3.63, 3.8) is 0 Å². The van der Waals surface area contributed by atoms with Crippen molar-refractivity contribution in [2.24, 2.45) is 0 Å². The van der Waals surface area contributed by atoms with Crippen LogP contribution in [0.3, 0.4) is 0 Å². The van der Waals surface area contributed by atoms with Crippen molar-refractivity contribution >= 4 is 11.9 Å². The number of aromatic carboxylic acids is 1. The minimum atomic E-state index is -1.04. The van der Waals surface area contributed by atoms with Gasteiger partial charge in [-0.05, 0) is 55.0 Å². The van der Waals surface area contributed by atoms with Crippen LogP contribution in [0.1, 0.15) is 53.3 Å². The number of hydrogen-bond donors (Lipinski definition) is 1. The molecule has 0 aliphatic heterocycles. The molecule has 2 aromatic rings. The van der Waals surface area contributed by atoms with E-state index in [4.69, 9.17) is 19.6 Å². The predicted octanol–water partition coefficient (Wildman–Crippen LogP) is 4.49. The summed E-state index contributed by atoms with van der Waals surface area (Å²) in [7, 11) is 0. The lowest BCUT2D eigenvalue weighted by molar-refractivity contribution is -0.149. The molecule has 6 nitrogen and oxygen atoms in total. The normalized spacial score (nSPS) is 10.2. The minimum Gasteiger partial charge on any atom is -0.494 e. The van der Waals surface area contributed by atoms with Crippen LogP contribution in [0, 0.1) is 0 Å². The third-order valence-electron chi connectivity index (χ3n) is 3.67. The lowest BCUT2D eigenvalue weighted by Crippen LogP contribution is -2.08. The highest BCUT2D eigenvalue weighted by molar-refractivity contribution is 5.89. The van der Waals surface area contributed by atoms with Crippen molar-refractivity contribution in [1.29, 1.82) is 0 Å². The van der Waals surface area contributed by atoms with Crippen molar-refractivity contribution in [2.75, 3.05) is 6.61 Å². The molecule has 0 saturated heterocycles. The molecule has 0 aromatic heterocycles. The van der Waals surface area contributed by atoms with Crippen molar-refractivity contribution in [2.45, 2.75) is 32.6 Å². The van der Waals surface area contributed by atoms with Gasteiger partial charge in [-0.15, -0.1) is 0 Å². The monoisotopic (exact) mass is 358 g/mol. The number of ether oxygens (including phenoxy) is 1. The molecule has 2 aromatic carbocycles. The molecule has 0 unspecified atom stereocenters. The molecule has 0 radical (unpaired) electrons. The lowest BCUT2D eigenvalue weighted by Gasteiger charge is -2.07. The number of carboxylic acid groups (broad SMARTS) is 1. The Labute approximate surface area is 152 Å². The van der Waals surface area contributed by atoms with Gasteiger partial charge in [-0.2, -0.15) is 0 Å². The maximum absolute atomic E-state index is 12.0. The molecule has 138 valence electrons. The third kappa shape index (κ3) is 6.12. The molecule has 1 N–H and O–H groups in total. The van der Waals surface area contributed by atoms with Gasteiger partial charge >= 0.3 is 11.9 Å². The average Bonchev–Trinajstić information content (AvgIpc) is 2.66. The van der Waals surface area contributed by atoms with Crippen molar-refractivity contribution in [3.05, 3.63) is 59.7 Å². The molecule has 0 amide bonds. The van der Waals surface area contributed by atoms with Gasteiger partial charge in [0.25, 0.3) is 0 Å². The van der Waals surface area contributed by atoms with E-state index < -0.39 is 11.9 Å². The Balaban J connectivity index is 1.79. The van der Waals surface area contributed by atoms with Crippen LogP contribution in [0.2, 0.25) is 0 Å². The number of carbonyl (C=O) groups is 2. The summed E-state index contributed by atoms with van der Waals surface area (Å²) in [6.45, 7) is 2.81. The molecule has 0 spiro atoms. The summed E-state index contributed by atoms with van der Waals surface area (Å²) in [6.07, 6.45) is 4.54. The first kappa shape index (κ1) is 19.3. The van der Waals surface area contributed by atoms with Crippen LogP contribution < -0.4 is 9.62 Å². The van der Waals surface area contributed by atoms with Gasteiger partial charge in [0.1, 0.15) is 5.75 Å². The maximum atomic E-state index is 12.0. The van der Waals surface area contributed by atoms with Gasteiger partial charge in [-0.1, -0.05) is 26.2 Å². The van der Waals surface area contributed by atoms with E-state index in [0.29, 0.717) is 17.9 Å². The van der Waals surface area contributed by atoms with Gasteiger partial charge in [0.2, 0.25) is 0 Å². The first-order valence-corrected chi connectivity index (χ1v) is 8.55. The second-order valence-electron chi connectivity index (χ2n) is 5.72. The summed E-state index contributed by atoms with van der Waals surface area (Å²) >= 11 is 0. The van der Waals surface area contributed by atoms with Crippen molar-refractivity contribution in [3.8, 4) is 11.5 Å². The molecule has 0 saturated carbocycles. The van der Waals surface area contributed by atoms with E-state index in [2.05, 4.69) is 6.92 Å². The van der Waals surface area contributed by atoms with Crippen molar-refractivity contribution in [1.82, 2.24) is 0 Å². The van der Waals surface area contributed by atoms with Crippen LogP contribution in [0.25, 0.3) is 0 Å². The van der Waals surface area contributed by atoms with Crippen LogP contribution in [0.5, 0.6) is 11.5 Å². The van der Waals surface area contributed by atoms with Gasteiger partial charge in [0, 0.05) is 0 Å². The van der Waals surface area contributed by atoms with Gasteiger partial charge in [-0.3, -0.25) is 4.89 Å². The fourth-order valence-corrected chi connectivity index (χ4v) is 2.19. The molecular formula is C20H22O6. The highest BCUT2D eigenvalue weighted by Gasteiger charge is 2.10. The number of unbranched alkanes of at least 4 members (excludes halogenated alkanes) is 3. The zero-order valence-corrected chi connectivity index (χ0v) is 14.6. The van der Waals surface area contributed by atoms with E-state index in [-0.39, 0.29) is 11.3 Å². The Morgan fingerprint density at radius 2 is 1.46 bits per heavy atom. The van der Waals surface area contributed by atoms with Crippen LogP contribution in [-0.4, -0.2) is 23.7 Å². The van der Waals surface area contributed by atoms with E-state index in [1.165, 1.54) is 37.1 Å². The summed E-state index contributed by atoms with van der Waals surface area (Å²) in [4.78, 5) is 32.4. The molecule has 0 fully saturated rings. The SMILES string of the molecule is CCCCCCOc1ccc(C(=O)OOc2ccc(C(=O)O)cc2)cc1. The van der Waals surface area contributed by atoms with Gasteiger partial charge in [-0.25, -0.2) is 14.5 Å². The minimum absolute atomic E-state index is 0.119. The average molecular weight is 358 g/mol. The first-order chi connectivity index (χ1) is 12.6. The molecule has 0 aliphatic rings. The standard InChI is InChI=1S/C20H22O6/c1-2-3-4-5-14-24-17-10-8-16(9-11-17)20(23)26-25-18-12-6-15(7-13-18)19(21)22/h6-13H,2-5,14H2,1H3,(H,21,22). The largest absolute Gasteiger partial charge is 0.494 e. The number of carboxylic acids is 1. The molecule has 6 heteroatoms. The van der Waals surface area contributed by atoms with Crippen LogP contribution in [0.15, 0.2) is 48.5 Å². The summed E-state index contributed by atoms with van der Waals surface area (Å²) < 4.78 is 5.62. The molecule has 0 atom stereocenters. The zero-order chi connectivity index (χ0) is 18.8. The highest BCUT2D eigenvalue weighted by atomic mass is 17.2. The first-order valence-electron chi connectivity index (χ1n) is 8.55. The van der Waals surface area contributed by atoms with Gasteiger partial charge in [0.15, 0.2) is 5.75 Å². The Morgan fingerprint density at radius 3 is 2.08 bits per heavy atom. The summed E-state index contributed by atoms with van der Waals surface area (Å²) in [6, 6.07) is 12.1. The maximum Gasteiger partial charge on any atom is 0.386 e. The third-order valence-corrected chi connectivity index (χ3v) is 3.67. The Bertz CT molecular complexity index is 706. The quantitative estimate of drug-likeness (QED) is 0.383. The van der Waals surface area contributed by atoms with E-state index in [1.807, 2.05) is 0 Å². The lowest BCUT2D eigenvalue weighted by atomic mass is 10.2. The van der Waals surface area contributed by atoms with E-state index in [1.54, 1.807) is 24.3 Å². The van der Waals surface area contributed by atoms with Crippen molar-refractivity contribution < 1.29 is 29.2 Å². The number of rotatable bonds is 10. The predicted molar refractivity (Wildman–Crippen MR) is 95.5 cm³/mol. The summed E-state index contributed by atoms with van der Waals surface area (Å²) in [5.41, 5.74) is 0.444. The molecule has 0 bridgehead atoms. The second-order valence-corrected chi connectivity index (χ2v) is 5.72. The van der Waals surface area contributed by atoms with Crippen LogP contribution in [-0.2, 0) is 4.89 Å². The van der Waals surface area contributed by atoms with Gasteiger partial charge in [0.05, 0.1) is 17.7 Å². The fraction of sp³-hybridized carbons (Fsp3) is 0.300. The zero-order valence-electron chi connectivity index (χ0n) is 14.6.